The summed E-state index contributed by atoms with van der Waals surface area (Å²) >= 11 is 0. The van der Waals surface area contributed by atoms with Crippen LogP contribution in [0.5, 0.6) is 5.75 Å². The van der Waals surface area contributed by atoms with E-state index in [4.69, 9.17) is 9.47 Å². The van der Waals surface area contributed by atoms with Crippen LogP contribution in [-0.4, -0.2) is 39.8 Å². The van der Waals surface area contributed by atoms with Gasteiger partial charge in [-0.25, -0.2) is 9.97 Å². The second-order valence-electron chi connectivity index (χ2n) is 6.28. The first-order valence-corrected chi connectivity index (χ1v) is 8.89. The fraction of sp³-hybridized carbons (Fsp3) is 0.250. The molecule has 1 saturated heterocycles. The minimum absolute atomic E-state index is 0.151. The number of amides is 1. The van der Waals surface area contributed by atoms with Crippen molar-refractivity contribution in [2.24, 2.45) is 0 Å². The molecule has 1 unspecified atom stereocenters. The average Bonchev–Trinajstić information content (AvgIpc) is 3.41. The van der Waals surface area contributed by atoms with E-state index >= 15 is 0 Å². The van der Waals surface area contributed by atoms with Crippen molar-refractivity contribution < 1.29 is 14.3 Å². The zero-order valence-electron chi connectivity index (χ0n) is 14.7. The van der Waals surface area contributed by atoms with Crippen molar-refractivity contribution in [3.63, 3.8) is 0 Å². The molecule has 27 heavy (non-hydrogen) atoms. The van der Waals surface area contributed by atoms with Crippen molar-refractivity contribution in [2.45, 2.75) is 18.9 Å². The van der Waals surface area contributed by atoms with Crippen LogP contribution in [0.3, 0.4) is 0 Å². The number of nitrogens with one attached hydrogen (secondary N) is 1. The lowest BCUT2D eigenvalue weighted by Gasteiger charge is -2.12. The molecule has 3 heterocycles. The molecule has 4 rings (SSSR count). The van der Waals surface area contributed by atoms with Crippen molar-refractivity contribution in [3.05, 3.63) is 66.9 Å². The summed E-state index contributed by atoms with van der Waals surface area (Å²) in [5.41, 5.74) is 0.978. The Morgan fingerprint density at radius 2 is 2.22 bits per heavy atom. The van der Waals surface area contributed by atoms with E-state index in [-0.39, 0.29) is 12.0 Å². The van der Waals surface area contributed by atoms with Gasteiger partial charge in [-0.3, -0.25) is 9.36 Å². The molecule has 7 nitrogen and oxygen atoms in total. The number of nitrogens with zero attached hydrogens (tertiary/aromatic N) is 3. The Balaban J connectivity index is 1.42. The zero-order chi connectivity index (χ0) is 18.5. The van der Waals surface area contributed by atoms with E-state index in [0.29, 0.717) is 29.6 Å². The van der Waals surface area contributed by atoms with Gasteiger partial charge in [0.1, 0.15) is 30.2 Å². The van der Waals surface area contributed by atoms with Crippen molar-refractivity contribution in [2.75, 3.05) is 18.5 Å². The van der Waals surface area contributed by atoms with Gasteiger partial charge >= 0.3 is 0 Å². The number of aromatic nitrogens is 3. The van der Waals surface area contributed by atoms with E-state index in [9.17, 15) is 4.79 Å². The van der Waals surface area contributed by atoms with E-state index in [2.05, 4.69) is 15.3 Å². The molecule has 1 amide bonds. The largest absolute Gasteiger partial charge is 0.491 e. The van der Waals surface area contributed by atoms with Gasteiger partial charge in [-0.05, 0) is 37.1 Å². The molecule has 7 heteroatoms. The van der Waals surface area contributed by atoms with Crippen LogP contribution in [0.15, 0.2) is 61.2 Å². The number of anilines is 1. The third-order valence-corrected chi connectivity index (χ3v) is 4.29. The third-order valence-electron chi connectivity index (χ3n) is 4.29. The van der Waals surface area contributed by atoms with Crippen LogP contribution < -0.4 is 10.1 Å². The summed E-state index contributed by atoms with van der Waals surface area (Å²) in [5, 5.41) is 2.86. The van der Waals surface area contributed by atoms with Crippen molar-refractivity contribution >= 4 is 11.6 Å². The molecule has 3 aromatic rings. The van der Waals surface area contributed by atoms with Crippen LogP contribution in [0.4, 0.5) is 5.69 Å². The Morgan fingerprint density at radius 3 is 3.04 bits per heavy atom. The molecule has 2 aromatic heterocycles. The first-order valence-electron chi connectivity index (χ1n) is 8.89. The molecule has 0 saturated carbocycles. The molecular weight excluding hydrogens is 344 g/mol. The summed E-state index contributed by atoms with van der Waals surface area (Å²) in [6, 6.07) is 12.6. The Hall–Kier alpha value is -3.19. The van der Waals surface area contributed by atoms with Gasteiger partial charge < -0.3 is 14.8 Å². The summed E-state index contributed by atoms with van der Waals surface area (Å²) in [6.07, 6.45) is 7.33. The summed E-state index contributed by atoms with van der Waals surface area (Å²) in [6.45, 7) is 1.32. The monoisotopic (exact) mass is 364 g/mol. The Morgan fingerprint density at radius 1 is 1.30 bits per heavy atom. The predicted molar refractivity (Wildman–Crippen MR) is 100 cm³/mol. The molecule has 1 fully saturated rings. The molecule has 1 N–H and O–H groups in total. The highest BCUT2D eigenvalue weighted by Crippen LogP contribution is 2.20. The van der Waals surface area contributed by atoms with E-state index in [1.54, 1.807) is 41.5 Å². The minimum Gasteiger partial charge on any atom is -0.491 e. The minimum atomic E-state index is -0.284. The quantitative estimate of drug-likeness (QED) is 0.727. The van der Waals surface area contributed by atoms with E-state index in [1.165, 1.54) is 0 Å². The van der Waals surface area contributed by atoms with Crippen LogP contribution in [0, 0.1) is 0 Å². The molecule has 0 spiro atoms. The van der Waals surface area contributed by atoms with E-state index < -0.39 is 0 Å². The lowest BCUT2D eigenvalue weighted by molar-refractivity contribution is 0.0680. The molecule has 0 radical (unpaired) electrons. The summed E-state index contributed by atoms with van der Waals surface area (Å²) in [7, 11) is 0. The van der Waals surface area contributed by atoms with Gasteiger partial charge in [0.15, 0.2) is 0 Å². The van der Waals surface area contributed by atoms with Gasteiger partial charge in [0.05, 0.1) is 6.10 Å². The highest BCUT2D eigenvalue weighted by atomic mass is 16.5. The fourth-order valence-corrected chi connectivity index (χ4v) is 2.91. The normalized spacial score (nSPS) is 16.2. The van der Waals surface area contributed by atoms with Crippen LogP contribution in [0.25, 0.3) is 5.82 Å². The van der Waals surface area contributed by atoms with Crippen molar-refractivity contribution in [3.8, 4) is 11.6 Å². The average molecular weight is 364 g/mol. The Labute approximate surface area is 157 Å². The van der Waals surface area contributed by atoms with Crippen LogP contribution in [0.2, 0.25) is 0 Å². The van der Waals surface area contributed by atoms with Crippen molar-refractivity contribution in [1.82, 2.24) is 14.5 Å². The standard InChI is InChI=1S/C20H20N4O3/c25-20(18-7-2-8-19(23-18)24-10-9-21-14-24)22-15-4-1-5-16(12-15)27-13-17-6-3-11-26-17/h1-2,4-5,7-10,12,14,17H,3,6,11,13H2,(H,22,25). The molecule has 1 aliphatic heterocycles. The second kappa shape index (κ2) is 8.01. The van der Waals surface area contributed by atoms with E-state index in [1.807, 2.05) is 24.3 Å². The van der Waals surface area contributed by atoms with Gasteiger partial charge in [0.25, 0.3) is 5.91 Å². The highest BCUT2D eigenvalue weighted by Gasteiger charge is 2.16. The van der Waals surface area contributed by atoms with Gasteiger partial charge in [-0.2, -0.15) is 0 Å². The molecule has 0 bridgehead atoms. The molecule has 1 aromatic carbocycles. The van der Waals surface area contributed by atoms with Gasteiger partial charge in [0.2, 0.25) is 0 Å². The SMILES string of the molecule is O=C(Nc1cccc(OCC2CCCO2)c1)c1cccc(-n2ccnc2)n1. The zero-order valence-corrected chi connectivity index (χ0v) is 14.7. The first-order chi connectivity index (χ1) is 13.3. The van der Waals surface area contributed by atoms with Crippen LogP contribution in [0.1, 0.15) is 23.3 Å². The molecule has 138 valence electrons. The number of ether oxygens (including phenoxy) is 2. The lowest BCUT2D eigenvalue weighted by Crippen LogP contribution is -2.17. The second-order valence-corrected chi connectivity index (χ2v) is 6.28. The highest BCUT2D eigenvalue weighted by molar-refractivity contribution is 6.03. The molecule has 1 aliphatic rings. The number of carbonyl (C=O) groups is 1. The smallest absolute Gasteiger partial charge is 0.274 e. The number of hydrogen-bond acceptors (Lipinski definition) is 5. The maximum atomic E-state index is 12.6. The number of imidazole rings is 1. The van der Waals surface area contributed by atoms with E-state index in [0.717, 1.165) is 19.4 Å². The summed E-state index contributed by atoms with van der Waals surface area (Å²) in [5.74, 6) is 1.05. The predicted octanol–water partition coefficient (Wildman–Crippen LogP) is 3.08. The Kier molecular flexibility index (Phi) is 5.11. The number of hydrogen-bond donors (Lipinski definition) is 1. The maximum absolute atomic E-state index is 12.6. The molecule has 1 atom stereocenters. The fourth-order valence-electron chi connectivity index (χ4n) is 2.91. The molecule has 0 aliphatic carbocycles. The number of carbonyl (C=O) groups excluding carboxylic acids is 1. The number of pyridine rings is 1. The van der Waals surface area contributed by atoms with Gasteiger partial charge in [-0.15, -0.1) is 0 Å². The number of benzene rings is 1. The van der Waals surface area contributed by atoms with Gasteiger partial charge in [0, 0.05) is 30.8 Å². The molecular formula is C20H20N4O3. The topological polar surface area (TPSA) is 78.3 Å². The lowest BCUT2D eigenvalue weighted by atomic mass is 10.2. The van der Waals surface area contributed by atoms with Crippen molar-refractivity contribution in [1.29, 1.82) is 0 Å². The summed E-state index contributed by atoms with van der Waals surface area (Å²) in [4.78, 5) is 20.9. The number of rotatable bonds is 6. The summed E-state index contributed by atoms with van der Waals surface area (Å²) < 4.78 is 13.1. The maximum Gasteiger partial charge on any atom is 0.274 e. The third kappa shape index (κ3) is 4.32. The first kappa shape index (κ1) is 17.2. The van der Waals surface area contributed by atoms with Crippen LogP contribution in [-0.2, 0) is 4.74 Å². The van der Waals surface area contributed by atoms with Crippen LogP contribution >= 0.6 is 0 Å². The Bertz CT molecular complexity index is 905. The van der Waals surface area contributed by atoms with Gasteiger partial charge in [-0.1, -0.05) is 12.1 Å².